The van der Waals surface area contributed by atoms with Crippen LogP contribution in [0.5, 0.6) is 0 Å². The fourth-order valence-electron chi connectivity index (χ4n) is 1.86. The van der Waals surface area contributed by atoms with E-state index >= 15 is 0 Å². The molecule has 3 aromatic heterocycles. The average molecular weight is 365 g/mol. The van der Waals surface area contributed by atoms with Crippen LogP contribution in [0.3, 0.4) is 0 Å². The number of nitrogens with zero attached hydrogens (tertiary/aromatic N) is 4. The monoisotopic (exact) mass is 364 g/mol. The summed E-state index contributed by atoms with van der Waals surface area (Å²) in [5.74, 6) is -1.02. The Morgan fingerprint density at radius 2 is 2.10 bits per heavy atom. The molecule has 3 heterocycles. The van der Waals surface area contributed by atoms with E-state index in [0.717, 1.165) is 4.47 Å². The van der Waals surface area contributed by atoms with Gasteiger partial charge in [0.15, 0.2) is 5.65 Å². The van der Waals surface area contributed by atoms with Gasteiger partial charge in [0.25, 0.3) is 0 Å². The third kappa shape index (κ3) is 2.64. The number of carbonyl (C=O) groups is 1. The van der Waals surface area contributed by atoms with Crippen molar-refractivity contribution >= 4 is 44.7 Å². The number of hydrogen-bond donors (Lipinski definition) is 1. The highest BCUT2D eigenvalue weighted by Gasteiger charge is 2.18. The summed E-state index contributed by atoms with van der Waals surface area (Å²) >= 11 is 4.61. The smallest absolute Gasteiger partial charge is 0.338 e. The lowest BCUT2D eigenvalue weighted by Crippen LogP contribution is -2.02. The van der Waals surface area contributed by atoms with E-state index in [9.17, 15) is 9.90 Å². The maximum Gasteiger partial charge on any atom is 0.338 e. The highest BCUT2D eigenvalue weighted by Crippen LogP contribution is 2.34. The van der Waals surface area contributed by atoms with E-state index in [-0.39, 0.29) is 5.56 Å². The number of fused-ring (bicyclic) bond motifs is 1. The van der Waals surface area contributed by atoms with Gasteiger partial charge in [-0.1, -0.05) is 11.8 Å². The van der Waals surface area contributed by atoms with Crippen LogP contribution >= 0.6 is 27.7 Å². The molecule has 0 spiro atoms. The molecule has 0 radical (unpaired) electrons. The normalized spacial score (nSPS) is 11.0. The molecule has 6 nitrogen and oxygen atoms in total. The van der Waals surface area contributed by atoms with E-state index in [1.54, 1.807) is 24.1 Å². The molecule has 0 atom stereocenters. The Balaban J connectivity index is 2.16. The molecule has 0 saturated carbocycles. The highest BCUT2D eigenvalue weighted by molar-refractivity contribution is 9.10. The van der Waals surface area contributed by atoms with Gasteiger partial charge in [-0.2, -0.15) is 5.10 Å². The van der Waals surface area contributed by atoms with Gasteiger partial charge in [-0.15, -0.1) is 0 Å². The van der Waals surface area contributed by atoms with Crippen molar-refractivity contribution in [3.63, 3.8) is 0 Å². The summed E-state index contributed by atoms with van der Waals surface area (Å²) < 4.78 is 2.48. The second-order valence-corrected chi connectivity index (χ2v) is 6.17. The minimum Gasteiger partial charge on any atom is -0.478 e. The van der Waals surface area contributed by atoms with Crippen LogP contribution in [0.4, 0.5) is 0 Å². The fourth-order valence-corrected chi connectivity index (χ4v) is 3.05. The van der Waals surface area contributed by atoms with E-state index in [1.165, 1.54) is 18.0 Å². The van der Waals surface area contributed by atoms with Crippen LogP contribution in [-0.4, -0.2) is 30.8 Å². The minimum absolute atomic E-state index is 0.144. The molecule has 0 fully saturated rings. The van der Waals surface area contributed by atoms with Crippen molar-refractivity contribution in [3.8, 4) is 0 Å². The Kier molecular flexibility index (Phi) is 3.64. The van der Waals surface area contributed by atoms with E-state index in [0.29, 0.717) is 21.0 Å². The molecule has 21 heavy (non-hydrogen) atoms. The summed E-state index contributed by atoms with van der Waals surface area (Å²) in [7, 11) is 1.77. The zero-order valence-corrected chi connectivity index (χ0v) is 13.2. The number of hydrogen-bond acceptors (Lipinski definition) is 5. The van der Waals surface area contributed by atoms with Crippen molar-refractivity contribution < 1.29 is 9.90 Å². The summed E-state index contributed by atoms with van der Waals surface area (Å²) in [6.07, 6.45) is 4.65. The second kappa shape index (κ2) is 5.45. The lowest BCUT2D eigenvalue weighted by atomic mass is 10.2. The summed E-state index contributed by atoms with van der Waals surface area (Å²) in [5.41, 5.74) is 0.782. The van der Waals surface area contributed by atoms with Crippen molar-refractivity contribution in [3.05, 3.63) is 40.8 Å². The molecule has 0 aromatic carbocycles. The van der Waals surface area contributed by atoms with E-state index < -0.39 is 5.97 Å². The maximum absolute atomic E-state index is 11.4. The standard InChI is InChI=1S/C13H9BrN4O2S/c1-18-12-8(6-17-18)11(9(5-16-12)13(19)20)21-10-3-2-7(14)4-15-10/h2-6H,1H3,(H,19,20). The average Bonchev–Trinajstić information content (AvgIpc) is 2.83. The Morgan fingerprint density at radius 1 is 1.29 bits per heavy atom. The van der Waals surface area contributed by atoms with Gasteiger partial charge in [0.05, 0.1) is 17.1 Å². The first-order chi connectivity index (χ1) is 10.1. The number of pyridine rings is 2. The Labute approximate surface area is 132 Å². The summed E-state index contributed by atoms with van der Waals surface area (Å²) in [4.78, 5) is 20.4. The number of aromatic carboxylic acids is 1. The van der Waals surface area contributed by atoms with Gasteiger partial charge >= 0.3 is 5.97 Å². The van der Waals surface area contributed by atoms with E-state index in [1.807, 2.05) is 12.1 Å². The van der Waals surface area contributed by atoms with Gasteiger partial charge in [0.1, 0.15) is 5.03 Å². The van der Waals surface area contributed by atoms with Crippen LogP contribution in [0, 0.1) is 0 Å². The summed E-state index contributed by atoms with van der Waals surface area (Å²) in [6, 6.07) is 3.68. The molecule has 1 N–H and O–H groups in total. The van der Waals surface area contributed by atoms with Crippen LogP contribution in [0.25, 0.3) is 11.0 Å². The van der Waals surface area contributed by atoms with Crippen LogP contribution in [0.2, 0.25) is 0 Å². The van der Waals surface area contributed by atoms with Crippen molar-refractivity contribution in [2.24, 2.45) is 7.05 Å². The third-order valence-corrected chi connectivity index (χ3v) is 4.41. The molecule has 3 rings (SSSR count). The molecular weight excluding hydrogens is 356 g/mol. The molecule has 0 saturated heterocycles. The summed E-state index contributed by atoms with van der Waals surface area (Å²) in [5, 5.41) is 14.9. The number of halogens is 1. The minimum atomic E-state index is -1.02. The topological polar surface area (TPSA) is 80.9 Å². The van der Waals surface area contributed by atoms with E-state index in [4.69, 9.17) is 0 Å². The van der Waals surface area contributed by atoms with Crippen LogP contribution in [0.1, 0.15) is 10.4 Å². The van der Waals surface area contributed by atoms with Gasteiger partial charge in [0, 0.05) is 28.8 Å². The molecule has 0 bridgehead atoms. The maximum atomic E-state index is 11.4. The first kappa shape index (κ1) is 14.0. The Morgan fingerprint density at radius 3 is 2.76 bits per heavy atom. The molecule has 0 aliphatic rings. The van der Waals surface area contributed by atoms with Crippen molar-refractivity contribution in [2.45, 2.75) is 9.92 Å². The number of carboxylic acids is 1. The predicted molar refractivity (Wildman–Crippen MR) is 81.5 cm³/mol. The molecule has 3 aromatic rings. The van der Waals surface area contributed by atoms with E-state index in [2.05, 4.69) is 31.0 Å². The SMILES string of the molecule is Cn1ncc2c(Sc3ccc(Br)cn3)c(C(=O)O)cnc21. The van der Waals surface area contributed by atoms with Crippen molar-refractivity contribution in [2.75, 3.05) is 0 Å². The van der Waals surface area contributed by atoms with Crippen molar-refractivity contribution in [1.82, 2.24) is 19.7 Å². The fraction of sp³-hybridized carbons (Fsp3) is 0.0769. The molecule has 106 valence electrons. The number of carboxylic acid groups (broad SMARTS) is 1. The van der Waals surface area contributed by atoms with Gasteiger partial charge in [0.2, 0.25) is 0 Å². The van der Waals surface area contributed by atoms with Gasteiger partial charge < -0.3 is 5.11 Å². The Bertz CT molecular complexity index is 832. The predicted octanol–water partition coefficient (Wildman–Crippen LogP) is 2.98. The van der Waals surface area contributed by atoms with Crippen LogP contribution in [-0.2, 0) is 7.05 Å². The Hall–Kier alpha value is -1.93. The zero-order valence-electron chi connectivity index (χ0n) is 10.8. The van der Waals surface area contributed by atoms with Gasteiger partial charge in [-0.25, -0.2) is 14.8 Å². The number of rotatable bonds is 3. The summed E-state index contributed by atoms with van der Waals surface area (Å²) in [6.45, 7) is 0. The quantitative estimate of drug-likeness (QED) is 0.769. The van der Waals surface area contributed by atoms with Gasteiger partial charge in [-0.3, -0.25) is 4.68 Å². The lowest BCUT2D eigenvalue weighted by molar-refractivity contribution is 0.0693. The number of aromatic nitrogens is 4. The largest absolute Gasteiger partial charge is 0.478 e. The van der Waals surface area contributed by atoms with Crippen LogP contribution in [0.15, 0.2) is 45.1 Å². The zero-order chi connectivity index (χ0) is 15.0. The third-order valence-electron chi connectivity index (χ3n) is 2.85. The molecular formula is C13H9BrN4O2S. The lowest BCUT2D eigenvalue weighted by Gasteiger charge is -2.06. The number of aryl methyl sites for hydroxylation is 1. The molecule has 0 unspecified atom stereocenters. The molecule has 0 aliphatic heterocycles. The van der Waals surface area contributed by atoms with Crippen LogP contribution < -0.4 is 0 Å². The first-order valence-electron chi connectivity index (χ1n) is 5.89. The van der Waals surface area contributed by atoms with Crippen molar-refractivity contribution in [1.29, 1.82) is 0 Å². The molecule has 0 amide bonds. The first-order valence-corrected chi connectivity index (χ1v) is 7.50. The van der Waals surface area contributed by atoms with Gasteiger partial charge in [-0.05, 0) is 28.1 Å². The second-order valence-electron chi connectivity index (χ2n) is 4.23. The molecule has 8 heteroatoms. The molecule has 0 aliphatic carbocycles. The highest BCUT2D eigenvalue weighted by atomic mass is 79.9.